The van der Waals surface area contributed by atoms with Gasteiger partial charge in [0.05, 0.1) is 12.0 Å². The Morgan fingerprint density at radius 1 is 1.27 bits per heavy atom. The number of benzene rings is 1. The number of H-pyrrole nitrogens is 1. The minimum absolute atomic E-state index is 0.593. The topological polar surface area (TPSA) is 59.4 Å². The van der Waals surface area contributed by atoms with Crippen molar-refractivity contribution in [3.8, 4) is 5.69 Å². The van der Waals surface area contributed by atoms with Crippen molar-refractivity contribution < 1.29 is 0 Å². The van der Waals surface area contributed by atoms with Crippen LogP contribution in [0.5, 0.6) is 0 Å². The van der Waals surface area contributed by atoms with Crippen LogP contribution in [-0.4, -0.2) is 25.0 Å². The van der Waals surface area contributed by atoms with E-state index in [2.05, 4.69) is 20.2 Å². The quantitative estimate of drug-likeness (QED) is 0.679. The summed E-state index contributed by atoms with van der Waals surface area (Å²) in [4.78, 5) is 8.39. The van der Waals surface area contributed by atoms with Gasteiger partial charge in [0.1, 0.15) is 0 Å². The first-order chi connectivity index (χ1) is 7.33. The van der Waals surface area contributed by atoms with Crippen LogP contribution in [0.15, 0.2) is 30.6 Å². The molecule has 0 aliphatic heterocycles. The van der Waals surface area contributed by atoms with Crippen LogP contribution in [0, 0.1) is 0 Å². The molecule has 1 N–H and O–H groups in total. The largest absolute Gasteiger partial charge is 0.326 e. The minimum Gasteiger partial charge on any atom is -0.326 e. The Labute approximate surface area is 89.7 Å². The number of hydrogen-bond acceptors (Lipinski definition) is 3. The third-order valence-electron chi connectivity index (χ3n) is 2.02. The fourth-order valence-corrected chi connectivity index (χ4v) is 1.53. The third kappa shape index (κ3) is 1.37. The fraction of sp³-hybridized carbons (Fsp3) is 0. The number of rotatable bonds is 1. The van der Waals surface area contributed by atoms with Crippen molar-refractivity contribution in [1.29, 1.82) is 0 Å². The molecular weight excluding hydrogens is 214 g/mol. The molecule has 0 amide bonds. The lowest BCUT2D eigenvalue weighted by Crippen LogP contribution is -1.98. The Hall–Kier alpha value is -1.88. The first-order valence-corrected chi connectivity index (χ1v) is 4.73. The first kappa shape index (κ1) is 8.43. The maximum absolute atomic E-state index is 5.88. The Morgan fingerprint density at radius 2 is 2.20 bits per heavy atom. The highest BCUT2D eigenvalue weighted by molar-refractivity contribution is 6.30. The van der Waals surface area contributed by atoms with Crippen molar-refractivity contribution >= 4 is 22.9 Å². The van der Waals surface area contributed by atoms with Crippen LogP contribution in [0.3, 0.4) is 0 Å². The Balaban J connectivity index is 2.17. The van der Waals surface area contributed by atoms with Gasteiger partial charge >= 0.3 is 0 Å². The lowest BCUT2D eigenvalue weighted by Gasteiger charge is -1.98. The molecule has 2 heterocycles. The normalized spacial score (nSPS) is 11.0. The molecule has 0 saturated heterocycles. The van der Waals surface area contributed by atoms with E-state index in [4.69, 9.17) is 11.6 Å². The number of nitrogens with zero attached hydrogens (tertiary/aromatic N) is 4. The maximum atomic E-state index is 5.88. The summed E-state index contributed by atoms with van der Waals surface area (Å²) in [5, 5.41) is 9.06. The van der Waals surface area contributed by atoms with Gasteiger partial charge in [-0.2, -0.15) is 0 Å². The average Bonchev–Trinajstić information content (AvgIpc) is 2.76. The van der Waals surface area contributed by atoms with Gasteiger partial charge in [-0.15, -0.1) is 15.0 Å². The molecule has 15 heavy (non-hydrogen) atoms. The van der Waals surface area contributed by atoms with Crippen LogP contribution in [-0.2, 0) is 0 Å². The summed E-state index contributed by atoms with van der Waals surface area (Å²) in [5.74, 6) is 0. The molecule has 5 nitrogen and oxygen atoms in total. The molecule has 0 saturated carbocycles. The number of hydrogen-bond donors (Lipinski definition) is 1. The van der Waals surface area contributed by atoms with E-state index in [0.29, 0.717) is 16.3 Å². The van der Waals surface area contributed by atoms with Crippen LogP contribution in [0.2, 0.25) is 5.02 Å². The van der Waals surface area contributed by atoms with Crippen LogP contribution in [0.4, 0.5) is 0 Å². The zero-order valence-corrected chi connectivity index (χ0v) is 8.31. The summed E-state index contributed by atoms with van der Waals surface area (Å²) in [6.07, 6.45) is 1.56. The van der Waals surface area contributed by atoms with Gasteiger partial charge in [-0.3, -0.25) is 0 Å². The number of aromatic nitrogens is 5. The SMILES string of the molecule is Clc1cccc(-n2nc3nc[nH]c3n2)c1. The second kappa shape index (κ2) is 3.06. The molecule has 3 aromatic rings. The highest BCUT2D eigenvalue weighted by atomic mass is 35.5. The predicted octanol–water partition coefficient (Wildman–Crippen LogP) is 1.80. The average molecular weight is 220 g/mol. The van der Waals surface area contributed by atoms with Crippen LogP contribution in [0.1, 0.15) is 0 Å². The number of imidazole rings is 1. The second-order valence-corrected chi connectivity index (χ2v) is 3.48. The van der Waals surface area contributed by atoms with E-state index in [1.165, 1.54) is 4.80 Å². The van der Waals surface area contributed by atoms with E-state index in [0.717, 1.165) is 5.69 Å². The Bertz CT molecular complexity index is 583. The van der Waals surface area contributed by atoms with E-state index in [-0.39, 0.29) is 0 Å². The van der Waals surface area contributed by atoms with E-state index in [1.807, 2.05) is 12.1 Å². The Morgan fingerprint density at radius 3 is 3.00 bits per heavy atom. The van der Waals surface area contributed by atoms with Gasteiger partial charge in [-0.1, -0.05) is 17.7 Å². The first-order valence-electron chi connectivity index (χ1n) is 4.35. The summed E-state index contributed by atoms with van der Waals surface area (Å²) in [6, 6.07) is 7.33. The van der Waals surface area contributed by atoms with Crippen molar-refractivity contribution in [2.24, 2.45) is 0 Å². The molecule has 0 radical (unpaired) electrons. The molecule has 0 aliphatic carbocycles. The Kier molecular flexibility index (Phi) is 1.72. The molecule has 2 aromatic heterocycles. The van der Waals surface area contributed by atoms with E-state index in [1.54, 1.807) is 18.5 Å². The maximum Gasteiger partial charge on any atom is 0.220 e. The minimum atomic E-state index is 0.593. The smallest absolute Gasteiger partial charge is 0.220 e. The lowest BCUT2D eigenvalue weighted by atomic mass is 10.3. The molecule has 74 valence electrons. The van der Waals surface area contributed by atoms with Gasteiger partial charge in [0, 0.05) is 5.02 Å². The van der Waals surface area contributed by atoms with Crippen molar-refractivity contribution in [2.45, 2.75) is 0 Å². The molecule has 0 bridgehead atoms. The predicted molar refractivity (Wildman–Crippen MR) is 56.0 cm³/mol. The lowest BCUT2D eigenvalue weighted by molar-refractivity contribution is 0.758. The second-order valence-electron chi connectivity index (χ2n) is 3.04. The monoisotopic (exact) mass is 219 g/mol. The van der Waals surface area contributed by atoms with Gasteiger partial charge in [-0.25, -0.2) is 4.98 Å². The molecule has 0 spiro atoms. The zero-order valence-electron chi connectivity index (χ0n) is 7.55. The third-order valence-corrected chi connectivity index (χ3v) is 2.26. The van der Waals surface area contributed by atoms with Crippen molar-refractivity contribution in [1.82, 2.24) is 25.0 Å². The van der Waals surface area contributed by atoms with Crippen molar-refractivity contribution in [3.63, 3.8) is 0 Å². The van der Waals surface area contributed by atoms with Gasteiger partial charge < -0.3 is 4.98 Å². The number of fused-ring (bicyclic) bond motifs is 1. The van der Waals surface area contributed by atoms with E-state index < -0.39 is 0 Å². The molecule has 0 unspecified atom stereocenters. The van der Waals surface area contributed by atoms with Crippen molar-refractivity contribution in [3.05, 3.63) is 35.6 Å². The molecule has 0 fully saturated rings. The molecule has 3 rings (SSSR count). The van der Waals surface area contributed by atoms with E-state index >= 15 is 0 Å². The summed E-state index contributed by atoms with van der Waals surface area (Å²) in [7, 11) is 0. The zero-order chi connectivity index (χ0) is 10.3. The fourth-order valence-electron chi connectivity index (χ4n) is 1.35. The van der Waals surface area contributed by atoms with Crippen LogP contribution < -0.4 is 0 Å². The van der Waals surface area contributed by atoms with E-state index in [9.17, 15) is 0 Å². The van der Waals surface area contributed by atoms with Crippen molar-refractivity contribution in [2.75, 3.05) is 0 Å². The van der Waals surface area contributed by atoms with Crippen LogP contribution in [0.25, 0.3) is 17.0 Å². The summed E-state index contributed by atoms with van der Waals surface area (Å²) < 4.78 is 0. The number of halogens is 1. The number of nitrogens with one attached hydrogen (secondary N) is 1. The molecule has 0 atom stereocenters. The van der Waals surface area contributed by atoms with Crippen LogP contribution >= 0.6 is 11.6 Å². The summed E-state index contributed by atoms with van der Waals surface area (Å²) in [5.41, 5.74) is 2.07. The van der Waals surface area contributed by atoms with Gasteiger partial charge in [0.15, 0.2) is 0 Å². The van der Waals surface area contributed by atoms with Gasteiger partial charge in [0.25, 0.3) is 0 Å². The standard InChI is InChI=1S/C9H6ClN5/c10-6-2-1-3-7(4-6)15-13-8-9(14-15)12-5-11-8/h1-5H,(H,11,12,13,14). The van der Waals surface area contributed by atoms with Gasteiger partial charge in [0.2, 0.25) is 11.3 Å². The summed E-state index contributed by atoms with van der Waals surface area (Å²) in [6.45, 7) is 0. The van der Waals surface area contributed by atoms with Gasteiger partial charge in [-0.05, 0) is 18.2 Å². The molecular formula is C9H6ClN5. The molecule has 1 aromatic carbocycles. The highest BCUT2D eigenvalue weighted by Crippen LogP contribution is 2.14. The molecule has 6 heteroatoms. The molecule has 0 aliphatic rings. The summed E-state index contributed by atoms with van der Waals surface area (Å²) >= 11 is 5.88. The highest BCUT2D eigenvalue weighted by Gasteiger charge is 2.05. The number of aromatic amines is 1.